The topological polar surface area (TPSA) is 29.5 Å². The lowest BCUT2D eigenvalue weighted by Gasteiger charge is -2.18. The fourth-order valence-corrected chi connectivity index (χ4v) is 4.40. The van der Waals surface area contributed by atoms with Crippen LogP contribution in [0.25, 0.3) is 6.08 Å². The maximum Gasteiger partial charge on any atom is 0.165 e. The Kier molecular flexibility index (Phi) is 4.51. The zero-order valence-corrected chi connectivity index (χ0v) is 12.5. The molecule has 0 aliphatic heterocycles. The van der Waals surface area contributed by atoms with Crippen LogP contribution < -0.4 is 4.74 Å². The zero-order valence-electron chi connectivity index (χ0n) is 10.9. The predicted octanol–water partition coefficient (Wildman–Crippen LogP) is 4.30. The van der Waals surface area contributed by atoms with Crippen molar-refractivity contribution < 1.29 is 9.84 Å². The molecule has 0 amide bonds. The van der Waals surface area contributed by atoms with Crippen molar-refractivity contribution in [3.05, 3.63) is 28.2 Å². The normalized spacial score (nSPS) is 17.5. The van der Waals surface area contributed by atoms with E-state index in [9.17, 15) is 5.11 Å². The number of phenols is 1. The quantitative estimate of drug-likeness (QED) is 0.872. The number of hydrogen-bond donors (Lipinski definition) is 1. The van der Waals surface area contributed by atoms with Gasteiger partial charge in [0, 0.05) is 10.5 Å². The molecule has 1 aromatic rings. The highest BCUT2D eigenvalue weighted by molar-refractivity contribution is 8.06. The van der Waals surface area contributed by atoms with Gasteiger partial charge in [-0.25, -0.2) is 0 Å². The minimum absolute atomic E-state index is 0.231. The van der Waals surface area contributed by atoms with Crippen molar-refractivity contribution in [3.63, 3.8) is 0 Å². The molecule has 2 rings (SSSR count). The molecule has 18 heavy (non-hydrogen) atoms. The van der Waals surface area contributed by atoms with Crippen molar-refractivity contribution >= 4 is 29.6 Å². The van der Waals surface area contributed by atoms with Crippen LogP contribution in [0.1, 0.15) is 30.2 Å². The van der Waals surface area contributed by atoms with E-state index in [1.54, 1.807) is 13.2 Å². The van der Waals surface area contributed by atoms with Crippen LogP contribution >= 0.6 is 23.5 Å². The van der Waals surface area contributed by atoms with Crippen LogP contribution in [0.15, 0.2) is 17.0 Å². The lowest BCUT2D eigenvalue weighted by Crippen LogP contribution is -1.98. The van der Waals surface area contributed by atoms with Gasteiger partial charge in [0.05, 0.1) is 12.4 Å². The first-order chi connectivity index (χ1) is 8.72. The van der Waals surface area contributed by atoms with E-state index in [1.807, 2.05) is 29.6 Å². The number of benzene rings is 1. The predicted molar refractivity (Wildman–Crippen MR) is 81.6 cm³/mol. The van der Waals surface area contributed by atoms with Crippen LogP contribution in [-0.4, -0.2) is 23.7 Å². The molecule has 0 fully saturated rings. The Morgan fingerprint density at radius 2 is 2.06 bits per heavy atom. The van der Waals surface area contributed by atoms with Gasteiger partial charge in [0.25, 0.3) is 0 Å². The Morgan fingerprint density at radius 3 is 2.67 bits per heavy atom. The van der Waals surface area contributed by atoms with Crippen molar-refractivity contribution in [3.8, 4) is 11.5 Å². The molecule has 2 nitrogen and oxygen atoms in total. The van der Waals surface area contributed by atoms with Crippen LogP contribution in [0, 0.1) is 0 Å². The largest absolute Gasteiger partial charge is 0.504 e. The molecular formula is C14H18O2S2. The summed E-state index contributed by atoms with van der Waals surface area (Å²) in [6, 6.07) is 3.68. The van der Waals surface area contributed by atoms with Crippen LogP contribution in [0.4, 0.5) is 0 Å². The van der Waals surface area contributed by atoms with Gasteiger partial charge in [-0.1, -0.05) is 19.9 Å². The molecule has 98 valence electrons. The van der Waals surface area contributed by atoms with Crippen LogP contribution in [0.5, 0.6) is 11.5 Å². The SMILES string of the molecule is CCSC1=Cc2ccc(O)c(OC)c2C1SCC. The molecule has 1 N–H and O–H groups in total. The van der Waals surface area contributed by atoms with E-state index in [2.05, 4.69) is 19.9 Å². The second-order valence-electron chi connectivity index (χ2n) is 3.94. The monoisotopic (exact) mass is 282 g/mol. The lowest BCUT2D eigenvalue weighted by molar-refractivity contribution is 0.370. The first-order valence-electron chi connectivity index (χ1n) is 6.08. The third kappa shape index (κ3) is 2.36. The number of rotatable bonds is 5. The van der Waals surface area contributed by atoms with E-state index in [0.29, 0.717) is 11.0 Å². The Balaban J connectivity index is 2.46. The average molecular weight is 282 g/mol. The number of hydrogen-bond acceptors (Lipinski definition) is 4. The third-order valence-electron chi connectivity index (χ3n) is 2.88. The molecule has 0 heterocycles. The van der Waals surface area contributed by atoms with E-state index >= 15 is 0 Å². The highest BCUT2D eigenvalue weighted by atomic mass is 32.2. The zero-order chi connectivity index (χ0) is 13.1. The fourth-order valence-electron chi connectivity index (χ4n) is 2.20. The van der Waals surface area contributed by atoms with Gasteiger partial charge in [0.1, 0.15) is 0 Å². The third-order valence-corrected chi connectivity index (χ3v) is 5.16. The average Bonchev–Trinajstić information content (AvgIpc) is 2.69. The summed E-state index contributed by atoms with van der Waals surface area (Å²) < 4.78 is 5.38. The molecule has 0 saturated heterocycles. The second kappa shape index (κ2) is 5.93. The molecule has 1 aliphatic carbocycles. The maximum absolute atomic E-state index is 9.91. The number of fused-ring (bicyclic) bond motifs is 1. The van der Waals surface area contributed by atoms with Gasteiger partial charge in [0.2, 0.25) is 0 Å². The molecule has 0 saturated carbocycles. The van der Waals surface area contributed by atoms with Gasteiger partial charge in [0.15, 0.2) is 11.5 Å². The highest BCUT2D eigenvalue weighted by Crippen LogP contribution is 2.53. The van der Waals surface area contributed by atoms with Crippen molar-refractivity contribution in [2.45, 2.75) is 19.1 Å². The molecule has 4 heteroatoms. The van der Waals surface area contributed by atoms with E-state index in [1.165, 1.54) is 10.5 Å². The Hall–Kier alpha value is -0.740. The molecule has 0 radical (unpaired) electrons. The Bertz CT molecular complexity index is 469. The number of ether oxygens (including phenoxy) is 1. The lowest BCUT2D eigenvalue weighted by atomic mass is 10.1. The van der Waals surface area contributed by atoms with Crippen LogP contribution in [0.3, 0.4) is 0 Å². The molecule has 1 atom stereocenters. The standard InChI is InChI=1S/C14H18O2S2/c1-4-17-11-8-9-6-7-10(15)13(16-3)12(9)14(11)18-5-2/h6-8,14-15H,4-5H2,1-3H3. The molecule has 1 aromatic carbocycles. The number of phenolic OH excluding ortho intramolecular Hbond substituents is 1. The van der Waals surface area contributed by atoms with Gasteiger partial charge in [-0.3, -0.25) is 0 Å². The smallest absolute Gasteiger partial charge is 0.165 e. The number of thioether (sulfide) groups is 2. The van der Waals surface area contributed by atoms with Crippen molar-refractivity contribution in [1.29, 1.82) is 0 Å². The molecular weight excluding hydrogens is 264 g/mol. The molecule has 0 aromatic heterocycles. The number of aromatic hydroxyl groups is 1. The summed E-state index contributed by atoms with van der Waals surface area (Å²) in [7, 11) is 1.62. The van der Waals surface area contributed by atoms with E-state index < -0.39 is 0 Å². The van der Waals surface area contributed by atoms with Crippen LogP contribution in [0.2, 0.25) is 0 Å². The maximum atomic E-state index is 9.91. The summed E-state index contributed by atoms with van der Waals surface area (Å²) in [5, 5.41) is 10.2. The van der Waals surface area contributed by atoms with E-state index in [4.69, 9.17) is 4.74 Å². The summed E-state index contributed by atoms with van der Waals surface area (Å²) in [5.41, 5.74) is 2.30. The summed E-state index contributed by atoms with van der Waals surface area (Å²) in [6.45, 7) is 4.32. The van der Waals surface area contributed by atoms with Gasteiger partial charge < -0.3 is 9.84 Å². The fraction of sp³-hybridized carbons (Fsp3) is 0.429. The van der Waals surface area contributed by atoms with Gasteiger partial charge in [-0.15, -0.1) is 23.5 Å². The molecule has 0 spiro atoms. The summed E-state index contributed by atoms with van der Waals surface area (Å²) in [4.78, 5) is 1.36. The number of methoxy groups -OCH3 is 1. The molecule has 0 bridgehead atoms. The van der Waals surface area contributed by atoms with Gasteiger partial charge in [-0.2, -0.15) is 0 Å². The second-order valence-corrected chi connectivity index (χ2v) is 6.66. The first-order valence-corrected chi connectivity index (χ1v) is 8.12. The van der Waals surface area contributed by atoms with E-state index in [-0.39, 0.29) is 5.75 Å². The van der Waals surface area contributed by atoms with Crippen LogP contribution in [-0.2, 0) is 0 Å². The van der Waals surface area contributed by atoms with Gasteiger partial charge in [-0.05, 0) is 29.2 Å². The van der Waals surface area contributed by atoms with E-state index in [0.717, 1.165) is 17.1 Å². The summed E-state index contributed by atoms with van der Waals surface area (Å²) in [5.74, 6) is 2.97. The molecule has 1 unspecified atom stereocenters. The van der Waals surface area contributed by atoms with Crippen molar-refractivity contribution in [2.75, 3.05) is 18.6 Å². The first kappa shape index (κ1) is 13.7. The van der Waals surface area contributed by atoms with Crippen molar-refractivity contribution in [1.82, 2.24) is 0 Å². The highest BCUT2D eigenvalue weighted by Gasteiger charge is 2.30. The minimum Gasteiger partial charge on any atom is -0.504 e. The van der Waals surface area contributed by atoms with Gasteiger partial charge >= 0.3 is 0 Å². The summed E-state index contributed by atoms with van der Waals surface area (Å²) >= 11 is 3.76. The Labute approximate surface area is 117 Å². The van der Waals surface area contributed by atoms with Crippen molar-refractivity contribution in [2.24, 2.45) is 0 Å². The molecule has 1 aliphatic rings. The minimum atomic E-state index is 0.231. The Morgan fingerprint density at radius 1 is 1.28 bits per heavy atom. The summed E-state index contributed by atoms with van der Waals surface area (Å²) in [6.07, 6.45) is 2.22.